The van der Waals surface area contributed by atoms with E-state index < -0.39 is 0 Å². The van der Waals surface area contributed by atoms with Crippen LogP contribution in [0.2, 0.25) is 0 Å². The molecule has 2 aliphatic carbocycles. The summed E-state index contributed by atoms with van der Waals surface area (Å²) in [4.78, 5) is 12.1. The molecule has 104 valence electrons. The molecule has 0 bridgehead atoms. The minimum Gasteiger partial charge on any atom is -0.462 e. The fourth-order valence-corrected chi connectivity index (χ4v) is 3.41. The van der Waals surface area contributed by atoms with Gasteiger partial charge in [0.2, 0.25) is 0 Å². The molecule has 0 unspecified atom stereocenters. The highest BCUT2D eigenvalue weighted by Gasteiger charge is 2.32. The van der Waals surface area contributed by atoms with Gasteiger partial charge in [-0.1, -0.05) is 25.7 Å². The predicted octanol–water partition coefficient (Wildman–Crippen LogP) is 3.05. The molecule has 0 aromatic rings. The van der Waals surface area contributed by atoms with E-state index in [4.69, 9.17) is 4.74 Å². The van der Waals surface area contributed by atoms with Crippen LogP contribution in [0.3, 0.4) is 0 Å². The number of aliphatic hydroxyl groups is 1. The quantitative estimate of drug-likeness (QED) is 0.767. The van der Waals surface area contributed by atoms with Crippen LogP contribution in [0.25, 0.3) is 0 Å². The normalized spacial score (nSPS) is 25.2. The minimum absolute atomic E-state index is 0.00921. The first-order valence-electron chi connectivity index (χ1n) is 7.55. The van der Waals surface area contributed by atoms with Crippen LogP contribution in [0, 0.1) is 11.8 Å². The first-order valence-corrected chi connectivity index (χ1v) is 7.55. The molecule has 0 radical (unpaired) electrons. The van der Waals surface area contributed by atoms with Crippen molar-refractivity contribution < 1.29 is 14.6 Å². The molecule has 2 saturated carbocycles. The number of aliphatic hydroxyl groups excluding tert-OH is 1. The lowest BCUT2D eigenvalue weighted by Gasteiger charge is -2.26. The smallest absolute Gasteiger partial charge is 0.309 e. The van der Waals surface area contributed by atoms with Gasteiger partial charge in [0.25, 0.3) is 0 Å². The van der Waals surface area contributed by atoms with E-state index in [2.05, 4.69) is 0 Å². The topological polar surface area (TPSA) is 46.5 Å². The largest absolute Gasteiger partial charge is 0.462 e. The van der Waals surface area contributed by atoms with Gasteiger partial charge in [0.05, 0.1) is 12.0 Å². The fourth-order valence-electron chi connectivity index (χ4n) is 3.41. The third-order valence-electron chi connectivity index (χ3n) is 4.46. The highest BCUT2D eigenvalue weighted by Crippen LogP contribution is 2.33. The summed E-state index contributed by atoms with van der Waals surface area (Å²) in [5.41, 5.74) is 0. The Bertz CT molecular complexity index is 263. The molecular weight excluding hydrogens is 228 g/mol. The summed E-state index contributed by atoms with van der Waals surface area (Å²) in [7, 11) is 0. The first-order chi connectivity index (χ1) is 8.66. The number of ether oxygens (including phenoxy) is 1. The average molecular weight is 254 g/mol. The van der Waals surface area contributed by atoms with Crippen LogP contribution in [-0.2, 0) is 9.53 Å². The number of carbonyl (C=O) groups excluding carboxylic acids is 1. The molecule has 0 aliphatic heterocycles. The minimum atomic E-state index is -0.382. The number of rotatable bonds is 5. The maximum atomic E-state index is 12.1. The summed E-state index contributed by atoms with van der Waals surface area (Å²) in [5, 5.41) is 9.57. The van der Waals surface area contributed by atoms with Gasteiger partial charge >= 0.3 is 5.97 Å². The van der Waals surface area contributed by atoms with Gasteiger partial charge in [-0.25, -0.2) is 0 Å². The fraction of sp³-hybridized carbons (Fsp3) is 0.933. The van der Waals surface area contributed by atoms with Crippen molar-refractivity contribution in [2.75, 3.05) is 0 Å². The third-order valence-corrected chi connectivity index (χ3v) is 4.46. The SMILES string of the molecule is C[C@@H](O)C[C@H](OC(=O)C1CCCC1)C1CCCC1. The summed E-state index contributed by atoms with van der Waals surface area (Å²) in [5.74, 6) is 0.595. The van der Waals surface area contributed by atoms with Gasteiger partial charge < -0.3 is 9.84 Å². The van der Waals surface area contributed by atoms with E-state index in [0.29, 0.717) is 12.3 Å². The van der Waals surface area contributed by atoms with Crippen molar-refractivity contribution in [3.8, 4) is 0 Å². The summed E-state index contributed by atoms with van der Waals surface area (Å²) in [6.45, 7) is 1.78. The molecule has 3 nitrogen and oxygen atoms in total. The molecule has 0 amide bonds. The molecular formula is C15H26O3. The summed E-state index contributed by atoms with van der Waals surface area (Å²) in [6.07, 6.45) is 9.23. The second-order valence-electron chi connectivity index (χ2n) is 6.09. The molecule has 2 atom stereocenters. The Hall–Kier alpha value is -0.570. The molecule has 0 heterocycles. The lowest BCUT2D eigenvalue weighted by Crippen LogP contribution is -2.31. The van der Waals surface area contributed by atoms with E-state index in [9.17, 15) is 9.90 Å². The number of esters is 1. The average Bonchev–Trinajstić information content (AvgIpc) is 3.01. The highest BCUT2D eigenvalue weighted by atomic mass is 16.5. The zero-order chi connectivity index (χ0) is 13.0. The molecule has 2 aliphatic rings. The van der Waals surface area contributed by atoms with Gasteiger partial charge in [0.15, 0.2) is 0 Å². The summed E-state index contributed by atoms with van der Waals surface area (Å²) in [6, 6.07) is 0. The van der Waals surface area contributed by atoms with Gasteiger partial charge in [-0.05, 0) is 38.5 Å². The summed E-state index contributed by atoms with van der Waals surface area (Å²) < 4.78 is 5.73. The molecule has 0 spiro atoms. The molecule has 1 N–H and O–H groups in total. The van der Waals surface area contributed by atoms with Crippen molar-refractivity contribution in [3.05, 3.63) is 0 Å². The standard InChI is InChI=1S/C15H26O3/c1-11(16)10-14(12-6-2-3-7-12)18-15(17)13-8-4-5-9-13/h11-14,16H,2-10H2,1H3/t11-,14+/m1/s1. The van der Waals surface area contributed by atoms with Crippen LogP contribution in [0.5, 0.6) is 0 Å². The van der Waals surface area contributed by atoms with Gasteiger partial charge in [-0.15, -0.1) is 0 Å². The third kappa shape index (κ3) is 3.71. The Morgan fingerprint density at radius 1 is 1.17 bits per heavy atom. The van der Waals surface area contributed by atoms with Crippen molar-refractivity contribution >= 4 is 5.97 Å². The van der Waals surface area contributed by atoms with Crippen LogP contribution in [0.1, 0.15) is 64.7 Å². The number of hydrogen-bond donors (Lipinski definition) is 1. The predicted molar refractivity (Wildman–Crippen MR) is 70.1 cm³/mol. The van der Waals surface area contributed by atoms with Crippen LogP contribution in [0.4, 0.5) is 0 Å². The number of carbonyl (C=O) groups is 1. The molecule has 3 heteroatoms. The van der Waals surface area contributed by atoms with Gasteiger partial charge in [0, 0.05) is 6.42 Å². The van der Waals surface area contributed by atoms with Crippen molar-refractivity contribution in [3.63, 3.8) is 0 Å². The zero-order valence-electron chi connectivity index (χ0n) is 11.4. The van der Waals surface area contributed by atoms with E-state index in [1.54, 1.807) is 6.92 Å². The van der Waals surface area contributed by atoms with Crippen molar-refractivity contribution in [2.24, 2.45) is 11.8 Å². The molecule has 2 rings (SSSR count). The van der Waals surface area contributed by atoms with Gasteiger partial charge in [-0.2, -0.15) is 0 Å². The second kappa shape index (κ2) is 6.55. The Labute approximate surface area is 110 Å². The van der Waals surface area contributed by atoms with E-state index in [1.165, 1.54) is 12.8 Å². The van der Waals surface area contributed by atoms with E-state index in [1.807, 2.05) is 0 Å². The van der Waals surface area contributed by atoms with Crippen LogP contribution in [0.15, 0.2) is 0 Å². The van der Waals surface area contributed by atoms with E-state index in [0.717, 1.165) is 38.5 Å². The van der Waals surface area contributed by atoms with Crippen molar-refractivity contribution in [1.29, 1.82) is 0 Å². The number of hydrogen-bond acceptors (Lipinski definition) is 3. The van der Waals surface area contributed by atoms with Crippen LogP contribution < -0.4 is 0 Å². The highest BCUT2D eigenvalue weighted by molar-refractivity contribution is 5.72. The molecule has 0 aromatic heterocycles. The van der Waals surface area contributed by atoms with Gasteiger partial charge in [0.1, 0.15) is 6.10 Å². The first kappa shape index (κ1) is 13.9. The molecule has 0 aromatic carbocycles. The van der Waals surface area contributed by atoms with E-state index >= 15 is 0 Å². The van der Waals surface area contributed by atoms with Crippen molar-refractivity contribution in [1.82, 2.24) is 0 Å². The Kier molecular flexibility index (Phi) is 5.04. The second-order valence-corrected chi connectivity index (χ2v) is 6.09. The maximum absolute atomic E-state index is 12.1. The van der Waals surface area contributed by atoms with Gasteiger partial charge in [-0.3, -0.25) is 4.79 Å². The van der Waals surface area contributed by atoms with Crippen LogP contribution in [-0.4, -0.2) is 23.3 Å². The zero-order valence-corrected chi connectivity index (χ0v) is 11.4. The lowest BCUT2D eigenvalue weighted by atomic mass is 9.95. The Balaban J connectivity index is 1.88. The van der Waals surface area contributed by atoms with E-state index in [-0.39, 0.29) is 24.1 Å². The molecule has 0 saturated heterocycles. The van der Waals surface area contributed by atoms with Crippen molar-refractivity contribution in [2.45, 2.75) is 76.9 Å². The Morgan fingerprint density at radius 3 is 2.28 bits per heavy atom. The van der Waals surface area contributed by atoms with Crippen LogP contribution >= 0.6 is 0 Å². The molecule has 18 heavy (non-hydrogen) atoms. The monoisotopic (exact) mass is 254 g/mol. The Morgan fingerprint density at radius 2 is 1.72 bits per heavy atom. The summed E-state index contributed by atoms with van der Waals surface area (Å²) >= 11 is 0. The lowest BCUT2D eigenvalue weighted by molar-refractivity contribution is -0.158. The maximum Gasteiger partial charge on any atom is 0.309 e. The molecule has 2 fully saturated rings.